The van der Waals surface area contributed by atoms with Crippen LogP contribution in [-0.2, 0) is 26.8 Å². The molecule has 2 aromatic rings. The molecule has 0 atom stereocenters. The Kier molecular flexibility index (Phi) is 5.47. The SMILES string of the molecule is COc1ccc(CNS(=O)(=O)c2ccc3c(c2)C(C)(C)CN3C(=O)C2CC2)cc1OC. The lowest BCUT2D eigenvalue weighted by Crippen LogP contribution is -2.34. The molecule has 4 rings (SSSR count). The molecule has 8 heteroatoms. The highest BCUT2D eigenvalue weighted by atomic mass is 32.2. The molecule has 1 heterocycles. The Morgan fingerprint density at radius 2 is 1.81 bits per heavy atom. The summed E-state index contributed by atoms with van der Waals surface area (Å²) in [5, 5.41) is 0. The monoisotopic (exact) mass is 444 g/mol. The van der Waals surface area contributed by atoms with Gasteiger partial charge in [-0.25, -0.2) is 13.1 Å². The molecule has 0 unspecified atom stereocenters. The molecular formula is C23H28N2O5S. The largest absolute Gasteiger partial charge is 0.493 e. The molecule has 1 amide bonds. The molecule has 1 aliphatic carbocycles. The Balaban J connectivity index is 1.56. The molecule has 0 radical (unpaired) electrons. The van der Waals surface area contributed by atoms with Gasteiger partial charge in [0.25, 0.3) is 0 Å². The Bertz CT molecular complexity index is 1120. The van der Waals surface area contributed by atoms with Gasteiger partial charge in [-0.15, -0.1) is 0 Å². The topological polar surface area (TPSA) is 84.9 Å². The molecule has 7 nitrogen and oxygen atoms in total. The first-order chi connectivity index (χ1) is 14.7. The van der Waals surface area contributed by atoms with Crippen molar-refractivity contribution in [2.45, 2.75) is 43.5 Å². The summed E-state index contributed by atoms with van der Waals surface area (Å²) in [5.74, 6) is 1.39. The van der Waals surface area contributed by atoms with Gasteiger partial charge in [0.2, 0.25) is 15.9 Å². The average molecular weight is 445 g/mol. The fourth-order valence-electron chi connectivity index (χ4n) is 4.02. The van der Waals surface area contributed by atoms with Crippen LogP contribution in [0.4, 0.5) is 5.69 Å². The fourth-order valence-corrected chi connectivity index (χ4v) is 5.07. The Hall–Kier alpha value is -2.58. The van der Waals surface area contributed by atoms with E-state index in [4.69, 9.17) is 9.47 Å². The second-order valence-corrected chi connectivity index (χ2v) is 10.5. The lowest BCUT2D eigenvalue weighted by molar-refractivity contribution is -0.119. The number of hydrogen-bond acceptors (Lipinski definition) is 5. The summed E-state index contributed by atoms with van der Waals surface area (Å²) in [6.07, 6.45) is 1.88. The van der Waals surface area contributed by atoms with Crippen LogP contribution in [0.1, 0.15) is 37.8 Å². The summed E-state index contributed by atoms with van der Waals surface area (Å²) in [6, 6.07) is 10.3. The molecule has 1 N–H and O–H groups in total. The van der Waals surface area contributed by atoms with Gasteiger partial charge in [-0.05, 0) is 54.3 Å². The van der Waals surface area contributed by atoms with Crippen molar-refractivity contribution in [3.8, 4) is 11.5 Å². The number of nitrogens with one attached hydrogen (secondary N) is 1. The summed E-state index contributed by atoms with van der Waals surface area (Å²) >= 11 is 0. The molecule has 0 saturated heterocycles. The van der Waals surface area contributed by atoms with Gasteiger partial charge in [0.1, 0.15) is 0 Å². The number of carbonyl (C=O) groups excluding carboxylic acids is 1. The van der Waals surface area contributed by atoms with Crippen molar-refractivity contribution in [3.63, 3.8) is 0 Å². The van der Waals surface area contributed by atoms with E-state index >= 15 is 0 Å². The number of methoxy groups -OCH3 is 2. The van der Waals surface area contributed by atoms with Gasteiger partial charge < -0.3 is 14.4 Å². The second-order valence-electron chi connectivity index (χ2n) is 8.78. The number of sulfonamides is 1. The van der Waals surface area contributed by atoms with Gasteiger partial charge in [0, 0.05) is 30.1 Å². The first-order valence-electron chi connectivity index (χ1n) is 10.3. The van der Waals surface area contributed by atoms with E-state index in [2.05, 4.69) is 4.72 Å². The van der Waals surface area contributed by atoms with Crippen molar-refractivity contribution in [1.82, 2.24) is 4.72 Å². The van der Waals surface area contributed by atoms with E-state index in [9.17, 15) is 13.2 Å². The highest BCUT2D eigenvalue weighted by Gasteiger charge is 2.43. The minimum absolute atomic E-state index is 0.119. The van der Waals surface area contributed by atoms with E-state index in [0.717, 1.165) is 29.7 Å². The van der Waals surface area contributed by atoms with Crippen LogP contribution in [0.25, 0.3) is 0 Å². The average Bonchev–Trinajstić information content (AvgIpc) is 3.56. The number of benzene rings is 2. The zero-order chi connectivity index (χ0) is 22.4. The minimum Gasteiger partial charge on any atom is -0.493 e. The highest BCUT2D eigenvalue weighted by Crippen LogP contribution is 2.44. The Morgan fingerprint density at radius 1 is 1.10 bits per heavy atom. The van der Waals surface area contributed by atoms with Gasteiger partial charge >= 0.3 is 0 Å². The number of fused-ring (bicyclic) bond motifs is 1. The van der Waals surface area contributed by atoms with E-state index in [1.807, 2.05) is 18.7 Å². The van der Waals surface area contributed by atoms with E-state index in [-0.39, 0.29) is 28.7 Å². The van der Waals surface area contributed by atoms with E-state index < -0.39 is 10.0 Å². The van der Waals surface area contributed by atoms with Crippen molar-refractivity contribution >= 4 is 21.6 Å². The summed E-state index contributed by atoms with van der Waals surface area (Å²) in [4.78, 5) is 14.7. The third kappa shape index (κ3) is 4.14. The zero-order valence-electron chi connectivity index (χ0n) is 18.3. The van der Waals surface area contributed by atoms with Crippen LogP contribution in [0.2, 0.25) is 0 Å². The van der Waals surface area contributed by atoms with Crippen LogP contribution < -0.4 is 19.1 Å². The number of ether oxygens (including phenoxy) is 2. The number of nitrogens with zero attached hydrogens (tertiary/aromatic N) is 1. The maximum absolute atomic E-state index is 13.0. The molecule has 31 heavy (non-hydrogen) atoms. The van der Waals surface area contributed by atoms with E-state index in [1.54, 1.807) is 43.5 Å². The second kappa shape index (κ2) is 7.84. The maximum atomic E-state index is 13.0. The van der Waals surface area contributed by atoms with Gasteiger partial charge in [-0.2, -0.15) is 0 Å². The van der Waals surface area contributed by atoms with Crippen LogP contribution in [0.3, 0.4) is 0 Å². The number of amides is 1. The van der Waals surface area contributed by atoms with Crippen LogP contribution in [0.5, 0.6) is 11.5 Å². The van der Waals surface area contributed by atoms with Crippen LogP contribution in [0.15, 0.2) is 41.3 Å². The van der Waals surface area contributed by atoms with Crippen LogP contribution in [-0.4, -0.2) is 35.1 Å². The third-order valence-corrected chi connectivity index (χ3v) is 7.36. The standard InChI is InChI=1S/C23H28N2O5S/c1-23(2)14-25(22(26)16-6-7-16)19-9-8-17(12-18(19)23)31(27,28)24-13-15-5-10-20(29-3)21(11-15)30-4/h5,8-12,16,24H,6-7,13-14H2,1-4H3. The van der Waals surface area contributed by atoms with Gasteiger partial charge in [0.15, 0.2) is 11.5 Å². The maximum Gasteiger partial charge on any atom is 0.240 e. The zero-order valence-corrected chi connectivity index (χ0v) is 19.1. The Labute approximate surface area is 183 Å². The predicted octanol–water partition coefficient (Wildman–Crippen LogP) is 3.22. The minimum atomic E-state index is -3.73. The lowest BCUT2D eigenvalue weighted by Gasteiger charge is -2.20. The normalized spacial score (nSPS) is 17.4. The van der Waals surface area contributed by atoms with Crippen molar-refractivity contribution in [2.75, 3.05) is 25.7 Å². The van der Waals surface area contributed by atoms with E-state index in [1.165, 1.54) is 7.11 Å². The van der Waals surface area contributed by atoms with E-state index in [0.29, 0.717) is 18.0 Å². The molecule has 1 saturated carbocycles. The van der Waals surface area contributed by atoms with Crippen molar-refractivity contribution in [1.29, 1.82) is 0 Å². The van der Waals surface area contributed by atoms with Crippen LogP contribution in [0, 0.1) is 5.92 Å². The molecule has 1 fully saturated rings. The van der Waals surface area contributed by atoms with Crippen molar-refractivity contribution in [3.05, 3.63) is 47.5 Å². The Morgan fingerprint density at radius 3 is 2.45 bits per heavy atom. The molecule has 2 aromatic carbocycles. The first kappa shape index (κ1) is 21.6. The summed E-state index contributed by atoms with van der Waals surface area (Å²) in [5.41, 5.74) is 2.15. The van der Waals surface area contributed by atoms with Gasteiger partial charge in [-0.3, -0.25) is 4.79 Å². The lowest BCUT2D eigenvalue weighted by atomic mass is 9.87. The molecule has 166 valence electrons. The van der Waals surface area contributed by atoms with Crippen molar-refractivity contribution in [2.24, 2.45) is 5.92 Å². The molecule has 2 aliphatic rings. The number of carbonyl (C=O) groups is 1. The van der Waals surface area contributed by atoms with Gasteiger partial charge in [0.05, 0.1) is 19.1 Å². The third-order valence-electron chi connectivity index (χ3n) is 5.96. The smallest absolute Gasteiger partial charge is 0.240 e. The number of hydrogen-bond donors (Lipinski definition) is 1. The first-order valence-corrected chi connectivity index (χ1v) is 11.8. The highest BCUT2D eigenvalue weighted by molar-refractivity contribution is 7.89. The molecular weight excluding hydrogens is 416 g/mol. The quantitative estimate of drug-likeness (QED) is 0.709. The fraction of sp³-hybridized carbons (Fsp3) is 0.435. The molecule has 0 spiro atoms. The summed E-state index contributed by atoms with van der Waals surface area (Å²) < 4.78 is 39.1. The van der Waals surface area contributed by atoms with Crippen LogP contribution >= 0.6 is 0 Å². The molecule has 1 aliphatic heterocycles. The predicted molar refractivity (Wildman–Crippen MR) is 118 cm³/mol. The molecule has 0 bridgehead atoms. The van der Waals surface area contributed by atoms with Gasteiger partial charge in [-0.1, -0.05) is 19.9 Å². The number of anilines is 1. The summed E-state index contributed by atoms with van der Waals surface area (Å²) in [6.45, 7) is 4.77. The molecule has 0 aromatic heterocycles. The summed E-state index contributed by atoms with van der Waals surface area (Å²) in [7, 11) is -0.645. The van der Waals surface area contributed by atoms with Crippen molar-refractivity contribution < 1.29 is 22.7 Å². The number of rotatable bonds is 7.